The summed E-state index contributed by atoms with van der Waals surface area (Å²) >= 11 is 0. The molecule has 1 atom stereocenters. The molecule has 13 heteroatoms. The average molecular weight is 625 g/mol. The van der Waals surface area contributed by atoms with Gasteiger partial charge >= 0.3 is 12.3 Å². The van der Waals surface area contributed by atoms with Crippen LogP contribution in [0.3, 0.4) is 0 Å². The topological polar surface area (TPSA) is 108 Å². The zero-order valence-electron chi connectivity index (χ0n) is 26.3. The molecule has 44 heavy (non-hydrogen) atoms. The Kier molecular flexibility index (Phi) is 9.46. The lowest BCUT2D eigenvalue weighted by atomic mass is 9.97. The van der Waals surface area contributed by atoms with Crippen molar-refractivity contribution in [3.05, 3.63) is 23.3 Å². The van der Waals surface area contributed by atoms with E-state index >= 15 is 0 Å². The van der Waals surface area contributed by atoms with E-state index in [4.69, 9.17) is 9.47 Å². The summed E-state index contributed by atoms with van der Waals surface area (Å²) in [4.78, 5) is 56.5. The first-order chi connectivity index (χ1) is 20.4. The summed E-state index contributed by atoms with van der Waals surface area (Å²) < 4.78 is 54.9. The Morgan fingerprint density at radius 2 is 1.82 bits per heavy atom. The molecule has 1 aromatic rings. The fraction of sp³-hybridized carbons (Fsp3) is 0.677. The molecule has 244 valence electrons. The molecule has 1 saturated carbocycles. The number of rotatable bonds is 8. The Hall–Kier alpha value is -3.51. The summed E-state index contributed by atoms with van der Waals surface area (Å²) in [6.07, 6.45) is -2.40. The molecule has 1 saturated heterocycles. The first-order valence-electron chi connectivity index (χ1n) is 15.2. The molecule has 2 fully saturated rings. The number of amides is 4. The van der Waals surface area contributed by atoms with Gasteiger partial charge in [0.1, 0.15) is 11.4 Å². The van der Waals surface area contributed by atoms with Gasteiger partial charge in [-0.25, -0.2) is 4.79 Å². The summed E-state index contributed by atoms with van der Waals surface area (Å²) in [5, 5.41) is 2.68. The van der Waals surface area contributed by atoms with E-state index < -0.39 is 52.5 Å². The molecule has 4 rings (SSSR count). The number of alkyl halides is 3. The van der Waals surface area contributed by atoms with Crippen molar-refractivity contribution in [2.75, 3.05) is 37.6 Å². The van der Waals surface area contributed by atoms with E-state index in [0.717, 1.165) is 25.0 Å². The number of halogens is 3. The first-order valence-corrected chi connectivity index (χ1v) is 15.2. The summed E-state index contributed by atoms with van der Waals surface area (Å²) in [7, 11) is 0. The number of ether oxygens (including phenoxy) is 2. The number of nitrogens with one attached hydrogen (secondary N) is 1. The molecule has 1 aliphatic carbocycles. The SMILES string of the molecule is CCC(=O)NCCN1C(=O)C(C)(C)Oc2cc(C(F)(F)F)c(C(=O)N(CC3CC3)[C@@H]3CCCN(C(=O)OC(C)(C)C)C3)cc21. The second-order valence-corrected chi connectivity index (χ2v) is 13.3. The summed E-state index contributed by atoms with van der Waals surface area (Å²) in [5.41, 5.74) is -3.92. The van der Waals surface area contributed by atoms with Gasteiger partial charge in [0.05, 0.1) is 16.8 Å². The van der Waals surface area contributed by atoms with E-state index in [1.807, 2.05) is 0 Å². The van der Waals surface area contributed by atoms with Crippen LogP contribution in [0.15, 0.2) is 12.1 Å². The third-order valence-corrected chi connectivity index (χ3v) is 7.93. The Bertz CT molecular complexity index is 1290. The predicted molar refractivity (Wildman–Crippen MR) is 156 cm³/mol. The number of carbonyl (C=O) groups excluding carboxylic acids is 4. The van der Waals surface area contributed by atoms with Crippen LogP contribution in [0, 0.1) is 5.92 Å². The monoisotopic (exact) mass is 624 g/mol. The lowest BCUT2D eigenvalue weighted by Gasteiger charge is -2.41. The van der Waals surface area contributed by atoms with Crippen LogP contribution >= 0.6 is 0 Å². The van der Waals surface area contributed by atoms with Gasteiger partial charge in [0.2, 0.25) is 5.91 Å². The molecule has 1 aromatic carbocycles. The van der Waals surface area contributed by atoms with Gasteiger partial charge < -0.3 is 29.5 Å². The molecular weight excluding hydrogens is 581 g/mol. The van der Waals surface area contributed by atoms with Crippen LogP contribution in [0.1, 0.15) is 89.6 Å². The number of carbonyl (C=O) groups is 4. The Morgan fingerprint density at radius 1 is 1.14 bits per heavy atom. The highest BCUT2D eigenvalue weighted by molar-refractivity contribution is 6.05. The van der Waals surface area contributed by atoms with Crippen molar-refractivity contribution in [2.24, 2.45) is 5.92 Å². The fourth-order valence-corrected chi connectivity index (χ4v) is 5.51. The Balaban J connectivity index is 1.72. The third-order valence-electron chi connectivity index (χ3n) is 7.93. The van der Waals surface area contributed by atoms with E-state index in [2.05, 4.69) is 5.32 Å². The van der Waals surface area contributed by atoms with Crippen LogP contribution in [-0.2, 0) is 20.5 Å². The molecule has 3 aliphatic rings. The van der Waals surface area contributed by atoms with Gasteiger partial charge in [-0.1, -0.05) is 6.92 Å². The van der Waals surface area contributed by atoms with Crippen LogP contribution in [0.5, 0.6) is 5.75 Å². The maximum absolute atomic E-state index is 14.6. The van der Waals surface area contributed by atoms with Gasteiger partial charge in [-0.3, -0.25) is 14.4 Å². The van der Waals surface area contributed by atoms with Crippen LogP contribution in [0.4, 0.5) is 23.7 Å². The lowest BCUT2D eigenvalue weighted by molar-refractivity contribution is -0.138. The van der Waals surface area contributed by atoms with Crippen molar-refractivity contribution in [1.82, 2.24) is 15.1 Å². The minimum atomic E-state index is -4.89. The molecule has 2 heterocycles. The van der Waals surface area contributed by atoms with Gasteiger partial charge in [-0.05, 0) is 78.4 Å². The lowest BCUT2D eigenvalue weighted by Crippen LogP contribution is -2.54. The highest BCUT2D eigenvalue weighted by atomic mass is 19.4. The molecule has 0 unspecified atom stereocenters. The van der Waals surface area contributed by atoms with Gasteiger partial charge in [-0.2, -0.15) is 13.2 Å². The Labute approximate surface area is 256 Å². The number of anilines is 1. The zero-order valence-corrected chi connectivity index (χ0v) is 26.3. The van der Waals surface area contributed by atoms with Crippen LogP contribution < -0.4 is 15.0 Å². The van der Waals surface area contributed by atoms with Crippen LogP contribution in [0.2, 0.25) is 0 Å². The van der Waals surface area contributed by atoms with E-state index in [1.54, 1.807) is 27.7 Å². The fourth-order valence-electron chi connectivity index (χ4n) is 5.51. The van der Waals surface area contributed by atoms with Crippen molar-refractivity contribution < 1.29 is 41.8 Å². The van der Waals surface area contributed by atoms with Crippen LogP contribution in [0.25, 0.3) is 0 Å². The van der Waals surface area contributed by atoms with E-state index in [1.165, 1.54) is 28.5 Å². The Morgan fingerprint density at radius 3 is 2.41 bits per heavy atom. The van der Waals surface area contributed by atoms with Crippen molar-refractivity contribution in [3.63, 3.8) is 0 Å². The maximum Gasteiger partial charge on any atom is 0.417 e. The van der Waals surface area contributed by atoms with E-state index in [9.17, 15) is 32.3 Å². The second kappa shape index (κ2) is 12.5. The maximum atomic E-state index is 14.6. The average Bonchev–Trinajstić information content (AvgIpc) is 3.75. The normalized spacial score (nSPS) is 20.0. The van der Waals surface area contributed by atoms with Gasteiger partial charge in [-0.15, -0.1) is 0 Å². The number of piperidine rings is 1. The number of likely N-dealkylation sites (tertiary alicyclic amines) is 1. The second-order valence-electron chi connectivity index (χ2n) is 13.3. The van der Waals surface area contributed by atoms with Gasteiger partial charge in [0.15, 0.2) is 5.60 Å². The standard InChI is InChI=1S/C31H43F3N4O6/c1-7-25(39)35-12-14-37-23-15-21(22(31(32,33)34)16-24(23)43-30(5,6)27(37)41)26(40)38(17-19-10-11-19)20-9-8-13-36(18-20)28(42)44-29(2,3)4/h15-16,19-20H,7-14,17-18H2,1-6H3,(H,35,39)/t20-/m1/s1. The molecule has 0 aromatic heterocycles. The predicted octanol–water partition coefficient (Wildman–Crippen LogP) is 4.99. The van der Waals surface area contributed by atoms with Gasteiger partial charge in [0.25, 0.3) is 11.8 Å². The summed E-state index contributed by atoms with van der Waals surface area (Å²) in [5.74, 6) is -1.59. The molecule has 10 nitrogen and oxygen atoms in total. The van der Waals surface area contributed by atoms with E-state index in [0.29, 0.717) is 19.4 Å². The van der Waals surface area contributed by atoms with Gasteiger partial charge in [0, 0.05) is 45.2 Å². The number of fused-ring (bicyclic) bond motifs is 1. The van der Waals surface area contributed by atoms with Crippen molar-refractivity contribution in [2.45, 2.75) is 97.1 Å². The number of nitrogens with zero attached hydrogens (tertiary/aromatic N) is 3. The van der Waals surface area contributed by atoms with Crippen LogP contribution in [-0.4, -0.2) is 83.6 Å². The molecule has 0 radical (unpaired) electrons. The minimum absolute atomic E-state index is 0.0252. The summed E-state index contributed by atoms with van der Waals surface area (Å²) in [6, 6.07) is 1.36. The molecular formula is C31H43F3N4O6. The molecule has 1 N–H and O–H groups in total. The van der Waals surface area contributed by atoms with E-state index in [-0.39, 0.29) is 55.9 Å². The highest BCUT2D eigenvalue weighted by Gasteiger charge is 2.46. The molecule has 0 bridgehead atoms. The molecule has 0 spiro atoms. The summed E-state index contributed by atoms with van der Waals surface area (Å²) in [6.45, 7) is 10.7. The quantitative estimate of drug-likeness (QED) is 0.437. The smallest absolute Gasteiger partial charge is 0.417 e. The van der Waals surface area contributed by atoms with Crippen molar-refractivity contribution in [3.8, 4) is 5.75 Å². The molecule has 2 aliphatic heterocycles. The highest BCUT2D eigenvalue weighted by Crippen LogP contribution is 2.44. The minimum Gasteiger partial charge on any atom is -0.476 e. The third kappa shape index (κ3) is 7.76. The largest absolute Gasteiger partial charge is 0.476 e. The van der Waals surface area contributed by atoms with Crippen molar-refractivity contribution >= 4 is 29.5 Å². The zero-order chi connectivity index (χ0) is 32.6. The number of hydrogen-bond acceptors (Lipinski definition) is 6. The number of hydrogen-bond donors (Lipinski definition) is 1. The molecule has 4 amide bonds. The first kappa shape index (κ1) is 33.4. The van der Waals surface area contributed by atoms with Crippen molar-refractivity contribution in [1.29, 1.82) is 0 Å². The number of benzene rings is 1.